The highest BCUT2D eigenvalue weighted by atomic mass is 19.2. The van der Waals surface area contributed by atoms with Gasteiger partial charge >= 0.3 is 0 Å². The van der Waals surface area contributed by atoms with Crippen LogP contribution in [0.4, 0.5) is 91.9 Å². The molecule has 25 nitrogen and oxygen atoms in total. The number of amides is 3. The molecule has 34 heteroatoms. The van der Waals surface area contributed by atoms with Crippen molar-refractivity contribution in [2.45, 2.75) is 115 Å². The van der Waals surface area contributed by atoms with E-state index in [-0.39, 0.29) is 104 Å². The molecule has 506 valence electrons. The fourth-order valence-corrected chi connectivity index (χ4v) is 10.3. The Balaban J connectivity index is 0.000000156. The van der Waals surface area contributed by atoms with Crippen LogP contribution in [-0.4, -0.2) is 173 Å². The van der Waals surface area contributed by atoms with Gasteiger partial charge in [0.2, 0.25) is 35.6 Å². The molecule has 3 amide bonds. The molecule has 2 unspecified atom stereocenters. The lowest BCUT2D eigenvalue weighted by Crippen LogP contribution is -2.45. The van der Waals surface area contributed by atoms with Gasteiger partial charge < -0.3 is 80.5 Å². The molecule has 8 N–H and O–H groups in total. The molecule has 6 aromatic rings. The molecule has 9 heterocycles. The van der Waals surface area contributed by atoms with Crippen molar-refractivity contribution < 1.29 is 87.8 Å². The maximum absolute atomic E-state index is 13.3. The maximum Gasteiger partial charge on any atom is 0.246 e. The molecule has 0 spiro atoms. The quantitative estimate of drug-likeness (QED) is 0.0419. The monoisotopic (exact) mass is 1330 g/mol. The number of aliphatic hydroxyl groups is 1. The topological polar surface area (TPSA) is 297 Å². The van der Waals surface area contributed by atoms with Gasteiger partial charge in [-0.2, -0.15) is 15.0 Å². The van der Waals surface area contributed by atoms with Crippen LogP contribution in [0.1, 0.15) is 57.1 Å². The number of likely N-dealkylation sites (N-methyl/N-ethyl adjacent to an activating group) is 3. The number of halogens is 9. The van der Waals surface area contributed by atoms with E-state index in [0.29, 0.717) is 109 Å². The third-order valence-corrected chi connectivity index (χ3v) is 16.0. The smallest absolute Gasteiger partial charge is 0.246 e. The number of ether oxygens (including phenoxy) is 5. The highest BCUT2D eigenvalue weighted by Gasteiger charge is 2.36. The van der Waals surface area contributed by atoms with E-state index in [9.17, 15) is 53.9 Å². The number of nitrogens with one attached hydrogen (secondary N) is 6. The first-order valence-electron chi connectivity index (χ1n) is 29.5. The van der Waals surface area contributed by atoms with Crippen LogP contribution in [0, 0.1) is 73.1 Å². The summed E-state index contributed by atoms with van der Waals surface area (Å²) >= 11 is 0. The number of aromatic nitrogens is 6. The van der Waals surface area contributed by atoms with Crippen molar-refractivity contribution in [2.75, 3.05) is 107 Å². The minimum Gasteiger partial charge on any atom is -0.508 e. The van der Waals surface area contributed by atoms with Crippen LogP contribution >= 0.6 is 0 Å². The number of phenols is 1. The van der Waals surface area contributed by atoms with Gasteiger partial charge in [0.15, 0.2) is 69.8 Å². The number of hydrogen-bond acceptors (Lipinski definition) is 22. The lowest BCUT2D eigenvalue weighted by molar-refractivity contribution is -0.118. The summed E-state index contributed by atoms with van der Waals surface area (Å²) in [6, 6.07) is 3.06. The molecule has 0 bridgehead atoms. The number of aromatic hydroxyl groups is 1. The third-order valence-electron chi connectivity index (χ3n) is 16.0. The van der Waals surface area contributed by atoms with Crippen molar-refractivity contribution in [3.8, 4) is 17.2 Å². The average Bonchev–Trinajstić information content (AvgIpc) is 0.982. The summed E-state index contributed by atoms with van der Waals surface area (Å²) in [5, 5.41) is 35.8. The van der Waals surface area contributed by atoms with Crippen molar-refractivity contribution in [1.82, 2.24) is 29.9 Å². The van der Waals surface area contributed by atoms with Crippen LogP contribution in [0.25, 0.3) is 0 Å². The predicted molar refractivity (Wildman–Crippen MR) is 324 cm³/mol. The van der Waals surface area contributed by atoms with Crippen molar-refractivity contribution in [3.63, 3.8) is 0 Å². The fraction of sp³-hybridized carbons (Fsp3) is 0.450. The lowest BCUT2D eigenvalue weighted by Gasteiger charge is -2.32. The number of aliphatic hydroxyl groups excluding tert-OH is 1. The third kappa shape index (κ3) is 16.0. The van der Waals surface area contributed by atoms with E-state index in [1.807, 2.05) is 25.8 Å². The van der Waals surface area contributed by atoms with Crippen LogP contribution in [0.2, 0.25) is 0 Å². The van der Waals surface area contributed by atoms with E-state index in [1.165, 1.54) is 0 Å². The second-order valence-corrected chi connectivity index (χ2v) is 22.8. The first kappa shape index (κ1) is 69.1. The molecule has 9 atom stereocenters. The highest BCUT2D eigenvalue weighted by molar-refractivity contribution is 6.04. The Kier molecular flexibility index (Phi) is 21.6. The summed E-state index contributed by atoms with van der Waals surface area (Å²) in [6.07, 6.45) is 1.05. The molecule has 0 saturated carbocycles. The number of carbonyl (C=O) groups is 3. The molecular formula is C60H68F9N15O10. The SMILES string of the molecule is Cc1nc(NC2COC(CO)C2)nc2c1NC(=O)[C@H](C)N2C.Cc1nc(N[C@@H]2CO[C@H](COc3cc(F)c(F)c(F)c3)C2)nc2c1NC(=O)[C@H](C)N2C.Cc1nc(N[C@H]2CO[C@@H](COc3cc(F)c(F)c(F)c3)C2)nc2c1NC(=O)[C@H](C)N2C.Oc1cc(F)c(F)c(F)c1. The Bertz CT molecular complexity index is 3590. The van der Waals surface area contributed by atoms with Gasteiger partial charge in [0.25, 0.3) is 0 Å². The number of rotatable bonds is 13. The molecule has 3 fully saturated rings. The number of benzene rings is 3. The first-order valence-corrected chi connectivity index (χ1v) is 29.5. The Morgan fingerprint density at radius 1 is 0.479 bits per heavy atom. The number of hydrogen-bond donors (Lipinski definition) is 8. The molecule has 0 aliphatic carbocycles. The van der Waals surface area contributed by atoms with Gasteiger partial charge in [0, 0.05) is 57.5 Å². The number of anilines is 9. The Labute approximate surface area is 532 Å². The van der Waals surface area contributed by atoms with Gasteiger partial charge in [-0.1, -0.05) is 0 Å². The summed E-state index contributed by atoms with van der Waals surface area (Å²) < 4.78 is 143. The normalized spacial score (nSPS) is 22.6. The van der Waals surface area contributed by atoms with E-state index >= 15 is 0 Å². The van der Waals surface area contributed by atoms with Crippen LogP contribution in [-0.2, 0) is 28.6 Å². The molecule has 3 aromatic heterocycles. The number of carbonyl (C=O) groups excluding carboxylic acids is 3. The van der Waals surface area contributed by atoms with Crippen LogP contribution in [0.5, 0.6) is 17.2 Å². The molecular weight excluding hydrogens is 1260 g/mol. The average molecular weight is 1330 g/mol. The summed E-state index contributed by atoms with van der Waals surface area (Å²) in [7, 11) is 5.44. The van der Waals surface area contributed by atoms with E-state index in [4.69, 9.17) is 33.9 Å². The first-order chi connectivity index (χ1) is 44.5. The number of phenolic OH excluding ortho intramolecular Hbond substituents is 1. The largest absolute Gasteiger partial charge is 0.508 e. The zero-order valence-electron chi connectivity index (χ0n) is 52.1. The van der Waals surface area contributed by atoms with E-state index in [2.05, 4.69) is 61.8 Å². The minimum absolute atomic E-state index is 0.0224. The van der Waals surface area contributed by atoms with Crippen molar-refractivity contribution in [3.05, 3.63) is 106 Å². The Morgan fingerprint density at radius 3 is 1.04 bits per heavy atom. The zero-order valence-corrected chi connectivity index (χ0v) is 52.1. The standard InChI is InChI=1S/2C20H22F3N5O3.C14H21N5O3.C6H3F3O/c2*1-9-17-18(28(3)10(2)19(29)26-17)27-20(24-9)25-11-4-13(30-7-11)8-31-12-5-14(21)16(23)15(22)6-12;1-7-11-12(19(3)8(2)13(21)17-11)18-14(15-7)16-9-4-10(5-20)22-6-9;7-4-1-3(10)2-5(8)6(4)9/h2*5-6,10-11,13H,4,7-8H2,1-3H3,(H,26,29)(H,24,25,27);8-10,20H,4-6H2,1-3H3,(H,17,21)(H,15,16,18);1-2,10H/t10-,11+,13+;10-,11-,13-;8-,9?,10?;/m000./s1. The minimum atomic E-state index is -1.57. The van der Waals surface area contributed by atoms with Crippen LogP contribution in [0.15, 0.2) is 36.4 Å². The van der Waals surface area contributed by atoms with Gasteiger partial charge in [-0.25, -0.2) is 54.5 Å². The van der Waals surface area contributed by atoms with Crippen LogP contribution < -0.4 is 56.1 Å². The number of nitrogens with zero attached hydrogens (tertiary/aromatic N) is 9. The van der Waals surface area contributed by atoms with Gasteiger partial charge in [-0.3, -0.25) is 14.4 Å². The molecule has 6 aliphatic rings. The molecule has 0 radical (unpaired) electrons. The molecule has 12 rings (SSSR count). The number of fused-ring (bicyclic) bond motifs is 3. The summed E-state index contributed by atoms with van der Waals surface area (Å²) in [4.78, 5) is 68.2. The van der Waals surface area contributed by atoms with E-state index < -0.39 is 58.1 Å². The van der Waals surface area contributed by atoms with Crippen molar-refractivity contribution in [2.24, 2.45) is 0 Å². The van der Waals surface area contributed by atoms with Crippen molar-refractivity contribution >= 4 is 70.1 Å². The van der Waals surface area contributed by atoms with Crippen molar-refractivity contribution in [1.29, 1.82) is 0 Å². The fourth-order valence-electron chi connectivity index (χ4n) is 10.3. The Hall–Kier alpha value is -9.28. The molecule has 3 saturated heterocycles. The second-order valence-electron chi connectivity index (χ2n) is 22.8. The van der Waals surface area contributed by atoms with Gasteiger partial charge in [0.1, 0.15) is 65.6 Å². The maximum atomic E-state index is 13.3. The second kappa shape index (κ2) is 29.3. The number of aryl methyl sites for hydroxylation is 3. The molecule has 94 heavy (non-hydrogen) atoms. The predicted octanol–water partition coefficient (Wildman–Crippen LogP) is 7.19. The van der Waals surface area contributed by atoms with Crippen LogP contribution in [0.3, 0.4) is 0 Å². The molecule has 6 aliphatic heterocycles. The van der Waals surface area contributed by atoms with E-state index in [1.54, 1.807) is 51.6 Å². The Morgan fingerprint density at radius 2 is 0.755 bits per heavy atom. The zero-order chi connectivity index (χ0) is 68.1. The highest BCUT2D eigenvalue weighted by Crippen LogP contribution is 2.36. The summed E-state index contributed by atoms with van der Waals surface area (Å²) in [5.41, 5.74) is 3.83. The summed E-state index contributed by atoms with van der Waals surface area (Å²) in [6.45, 7) is 12.2. The lowest BCUT2D eigenvalue weighted by atomic mass is 10.1. The van der Waals surface area contributed by atoms with Gasteiger partial charge in [-0.15, -0.1) is 0 Å². The van der Waals surface area contributed by atoms with E-state index in [0.717, 1.165) is 36.4 Å². The van der Waals surface area contributed by atoms with Gasteiger partial charge in [0.05, 0.1) is 79.9 Å². The van der Waals surface area contributed by atoms with Gasteiger partial charge in [-0.05, 0) is 60.8 Å². The summed E-state index contributed by atoms with van der Waals surface area (Å²) in [5.74, 6) is -10.5. The molecule has 3 aromatic carbocycles.